The lowest BCUT2D eigenvalue weighted by molar-refractivity contribution is 0.0617. The van der Waals surface area contributed by atoms with E-state index in [2.05, 4.69) is 20.1 Å². The molecule has 7 nitrogen and oxygen atoms in total. The molecule has 5 rings (SSSR count). The third-order valence-electron chi connectivity index (χ3n) is 7.07. The van der Waals surface area contributed by atoms with Crippen molar-refractivity contribution >= 4 is 16.8 Å². The third-order valence-corrected chi connectivity index (χ3v) is 7.07. The lowest BCUT2D eigenvalue weighted by Gasteiger charge is -2.35. The van der Waals surface area contributed by atoms with Gasteiger partial charge in [0.15, 0.2) is 0 Å². The zero-order valence-corrected chi connectivity index (χ0v) is 20.2. The largest absolute Gasteiger partial charge is 0.456 e. The fourth-order valence-electron chi connectivity index (χ4n) is 5.13. The summed E-state index contributed by atoms with van der Waals surface area (Å²) in [6, 6.07) is 10.1. The van der Waals surface area contributed by atoms with E-state index in [9.17, 15) is 18.7 Å². The van der Waals surface area contributed by atoms with Crippen LogP contribution < -0.4 is 10.1 Å². The van der Waals surface area contributed by atoms with Crippen LogP contribution in [-0.4, -0.2) is 77.2 Å². The number of aromatic nitrogens is 1. The summed E-state index contributed by atoms with van der Waals surface area (Å²) in [5, 5.41) is 13.6. The van der Waals surface area contributed by atoms with Gasteiger partial charge in [-0.2, -0.15) is 0 Å². The molecule has 1 aromatic heterocycles. The van der Waals surface area contributed by atoms with Gasteiger partial charge in [-0.3, -0.25) is 9.69 Å². The van der Waals surface area contributed by atoms with Crippen LogP contribution in [0.1, 0.15) is 36.2 Å². The Bertz CT molecular complexity index is 1190. The second kappa shape index (κ2) is 10.9. The van der Waals surface area contributed by atoms with Crippen molar-refractivity contribution in [1.82, 2.24) is 20.1 Å². The number of nitrogens with one attached hydrogen (secondary N) is 2. The highest BCUT2D eigenvalue weighted by Gasteiger charge is 2.24. The minimum atomic E-state index is -0.720. The zero-order valence-electron chi connectivity index (χ0n) is 20.2. The van der Waals surface area contributed by atoms with Gasteiger partial charge in [0, 0.05) is 67.9 Å². The van der Waals surface area contributed by atoms with E-state index in [0.29, 0.717) is 22.3 Å². The van der Waals surface area contributed by atoms with E-state index in [-0.39, 0.29) is 23.8 Å². The van der Waals surface area contributed by atoms with Crippen molar-refractivity contribution in [1.29, 1.82) is 0 Å². The molecule has 3 heterocycles. The van der Waals surface area contributed by atoms with Crippen LogP contribution in [0.25, 0.3) is 10.9 Å². The summed E-state index contributed by atoms with van der Waals surface area (Å²) < 4.78 is 32.8. The van der Waals surface area contributed by atoms with Crippen LogP contribution in [-0.2, 0) is 0 Å². The molecule has 1 atom stereocenters. The summed E-state index contributed by atoms with van der Waals surface area (Å²) in [6.07, 6.45) is 3.53. The van der Waals surface area contributed by atoms with Crippen molar-refractivity contribution in [2.45, 2.75) is 37.8 Å². The van der Waals surface area contributed by atoms with Gasteiger partial charge in [0.2, 0.25) is 0 Å². The lowest BCUT2D eigenvalue weighted by atomic mass is 10.0. The topological polar surface area (TPSA) is 80.8 Å². The molecule has 0 bridgehead atoms. The molecule has 0 saturated carbocycles. The molecule has 2 aromatic carbocycles. The highest BCUT2D eigenvalue weighted by Crippen LogP contribution is 2.31. The SMILES string of the molecule is O=C(NC1CCN(CCN2CCCC(O)C2)CC1)c1cc2c(Oc3cc(F)cc(F)c3)cccc2[nH]1. The Morgan fingerprint density at radius 1 is 1.03 bits per heavy atom. The normalized spacial score (nSPS) is 20.0. The molecule has 9 heteroatoms. The third kappa shape index (κ3) is 6.03. The van der Waals surface area contributed by atoms with Gasteiger partial charge in [-0.25, -0.2) is 8.78 Å². The summed E-state index contributed by atoms with van der Waals surface area (Å²) in [5.74, 6) is -1.17. The number of H-pyrrole nitrogens is 1. The second-order valence-electron chi connectivity index (χ2n) is 9.79. The molecular formula is C27H32F2N4O3. The number of piperidine rings is 2. The molecule has 0 radical (unpaired) electrons. The predicted molar refractivity (Wildman–Crippen MR) is 133 cm³/mol. The first-order chi connectivity index (χ1) is 17.4. The van der Waals surface area contributed by atoms with Crippen molar-refractivity contribution in [3.8, 4) is 11.5 Å². The van der Waals surface area contributed by atoms with Crippen molar-refractivity contribution in [2.24, 2.45) is 0 Å². The number of ether oxygens (including phenoxy) is 1. The van der Waals surface area contributed by atoms with Crippen LogP contribution in [0.3, 0.4) is 0 Å². The van der Waals surface area contributed by atoms with E-state index in [0.717, 1.165) is 83.2 Å². The highest BCUT2D eigenvalue weighted by molar-refractivity contribution is 5.99. The number of likely N-dealkylation sites (tertiary alicyclic amines) is 2. The number of halogens is 2. The van der Waals surface area contributed by atoms with Gasteiger partial charge in [0.25, 0.3) is 5.91 Å². The van der Waals surface area contributed by atoms with Crippen molar-refractivity contribution < 1.29 is 23.4 Å². The van der Waals surface area contributed by atoms with Crippen LogP contribution in [0, 0.1) is 11.6 Å². The second-order valence-corrected chi connectivity index (χ2v) is 9.79. The number of β-amino-alcohol motifs (C(OH)–C–C–N with tert-alkyl or cyclic N) is 1. The summed E-state index contributed by atoms with van der Waals surface area (Å²) in [6.45, 7) is 5.62. The molecular weight excluding hydrogens is 466 g/mol. The Hall–Kier alpha value is -3.01. The smallest absolute Gasteiger partial charge is 0.267 e. The molecule has 2 aliphatic heterocycles. The average Bonchev–Trinajstić information content (AvgIpc) is 3.29. The van der Waals surface area contributed by atoms with Crippen LogP contribution in [0.15, 0.2) is 42.5 Å². The van der Waals surface area contributed by atoms with Crippen molar-refractivity contribution in [3.05, 3.63) is 59.8 Å². The molecule has 3 N–H and O–H groups in total. The molecule has 1 unspecified atom stereocenters. The quantitative estimate of drug-likeness (QED) is 0.461. The summed E-state index contributed by atoms with van der Waals surface area (Å²) in [7, 11) is 0. The number of hydrogen-bond donors (Lipinski definition) is 3. The fraction of sp³-hybridized carbons (Fsp3) is 0.444. The predicted octanol–water partition coefficient (Wildman–Crippen LogP) is 3.89. The number of aromatic amines is 1. The summed E-state index contributed by atoms with van der Waals surface area (Å²) >= 11 is 0. The van der Waals surface area contributed by atoms with Gasteiger partial charge in [0.05, 0.1) is 6.10 Å². The van der Waals surface area contributed by atoms with E-state index >= 15 is 0 Å². The number of aliphatic hydroxyl groups is 1. The average molecular weight is 499 g/mol. The number of amides is 1. The van der Waals surface area contributed by atoms with Gasteiger partial charge in [-0.15, -0.1) is 0 Å². The Morgan fingerprint density at radius 2 is 1.78 bits per heavy atom. The van der Waals surface area contributed by atoms with Crippen LogP contribution in [0.5, 0.6) is 11.5 Å². The fourth-order valence-corrected chi connectivity index (χ4v) is 5.13. The van der Waals surface area contributed by atoms with E-state index in [1.54, 1.807) is 18.2 Å². The molecule has 0 aliphatic carbocycles. The first-order valence-electron chi connectivity index (χ1n) is 12.6. The van der Waals surface area contributed by atoms with Crippen LogP contribution in [0.4, 0.5) is 8.78 Å². The maximum absolute atomic E-state index is 13.6. The van der Waals surface area contributed by atoms with Crippen molar-refractivity contribution in [3.63, 3.8) is 0 Å². The van der Waals surface area contributed by atoms with E-state index in [4.69, 9.17) is 4.74 Å². The molecule has 192 valence electrons. The summed E-state index contributed by atoms with van der Waals surface area (Å²) in [4.78, 5) is 20.8. The number of hydrogen-bond acceptors (Lipinski definition) is 5. The number of rotatable bonds is 7. The number of benzene rings is 2. The van der Waals surface area contributed by atoms with E-state index in [1.165, 1.54) is 0 Å². The molecule has 1 amide bonds. The summed E-state index contributed by atoms with van der Waals surface area (Å²) in [5.41, 5.74) is 1.12. The van der Waals surface area contributed by atoms with Crippen LogP contribution in [0.2, 0.25) is 0 Å². The zero-order chi connectivity index (χ0) is 25.1. The van der Waals surface area contributed by atoms with Gasteiger partial charge in [-0.1, -0.05) is 6.07 Å². The maximum atomic E-state index is 13.6. The minimum Gasteiger partial charge on any atom is -0.456 e. The van der Waals surface area contributed by atoms with E-state index in [1.807, 2.05) is 6.07 Å². The number of carbonyl (C=O) groups excluding carboxylic acids is 1. The van der Waals surface area contributed by atoms with Gasteiger partial charge < -0.3 is 25.0 Å². The Morgan fingerprint density at radius 3 is 2.53 bits per heavy atom. The minimum absolute atomic E-state index is 0.0513. The van der Waals surface area contributed by atoms with Gasteiger partial charge in [-0.05, 0) is 50.4 Å². The standard InChI is InChI=1S/C27H32F2N4O3/c28-18-13-19(29)15-22(14-18)36-26-5-1-4-24-23(26)16-25(31-24)27(35)30-20-6-9-32(10-7-20)11-12-33-8-2-3-21(34)17-33/h1,4-5,13-16,20-21,31,34H,2-3,6-12,17H2,(H,30,35). The Kier molecular flexibility index (Phi) is 7.50. The molecule has 2 aliphatic rings. The number of nitrogens with zero attached hydrogens (tertiary/aromatic N) is 2. The van der Waals surface area contributed by atoms with Gasteiger partial charge >= 0.3 is 0 Å². The molecule has 2 saturated heterocycles. The van der Waals surface area contributed by atoms with Crippen LogP contribution >= 0.6 is 0 Å². The Balaban J connectivity index is 1.16. The van der Waals surface area contributed by atoms with E-state index < -0.39 is 11.6 Å². The van der Waals surface area contributed by atoms with Crippen molar-refractivity contribution in [2.75, 3.05) is 39.3 Å². The molecule has 2 fully saturated rings. The van der Waals surface area contributed by atoms with Gasteiger partial charge in [0.1, 0.15) is 28.8 Å². The maximum Gasteiger partial charge on any atom is 0.267 e. The number of aliphatic hydroxyl groups excluding tert-OH is 1. The first-order valence-corrected chi connectivity index (χ1v) is 12.6. The number of carbonyl (C=O) groups is 1. The molecule has 36 heavy (non-hydrogen) atoms. The molecule has 0 spiro atoms. The number of fused-ring (bicyclic) bond motifs is 1. The Labute approximate surface area is 209 Å². The first kappa shape index (κ1) is 24.7. The molecule has 3 aromatic rings. The monoisotopic (exact) mass is 498 g/mol. The highest BCUT2D eigenvalue weighted by atomic mass is 19.1. The lowest BCUT2D eigenvalue weighted by Crippen LogP contribution is -2.47.